The van der Waals surface area contributed by atoms with Crippen molar-refractivity contribution in [1.29, 1.82) is 0 Å². The van der Waals surface area contributed by atoms with Gasteiger partial charge in [-0.15, -0.1) is 0 Å². The van der Waals surface area contributed by atoms with Gasteiger partial charge in [-0.3, -0.25) is 0 Å². The molecule has 0 nitrogen and oxygen atoms in total. The molecule has 0 fully saturated rings. The summed E-state index contributed by atoms with van der Waals surface area (Å²) < 4.78 is 0. The van der Waals surface area contributed by atoms with Gasteiger partial charge in [0.15, 0.2) is 0 Å². The molecule has 2 atom stereocenters. The topological polar surface area (TPSA) is 0 Å². The molecule has 1 aliphatic rings. The Labute approximate surface area is 103 Å². The van der Waals surface area contributed by atoms with Crippen molar-refractivity contribution in [2.45, 2.75) is 31.6 Å². The van der Waals surface area contributed by atoms with Gasteiger partial charge in [0.2, 0.25) is 0 Å². The smallest absolute Gasteiger partial charge is 0.00923 e. The van der Waals surface area contributed by atoms with E-state index in [1.165, 1.54) is 24.0 Å². The van der Waals surface area contributed by atoms with Crippen molar-refractivity contribution in [3.05, 3.63) is 71.3 Å². The van der Waals surface area contributed by atoms with E-state index >= 15 is 0 Å². The van der Waals surface area contributed by atoms with Crippen LogP contribution in [0.1, 0.15) is 48.3 Å². The van der Waals surface area contributed by atoms with E-state index in [0.29, 0.717) is 11.8 Å². The van der Waals surface area contributed by atoms with Crippen LogP contribution in [-0.4, -0.2) is 0 Å². The Kier molecular flexibility index (Phi) is 2.72. The highest BCUT2D eigenvalue weighted by Crippen LogP contribution is 2.41. The number of rotatable bonds is 1. The van der Waals surface area contributed by atoms with E-state index < -0.39 is 0 Å². The summed E-state index contributed by atoms with van der Waals surface area (Å²) in [4.78, 5) is 0. The van der Waals surface area contributed by atoms with Crippen molar-refractivity contribution in [2.75, 3.05) is 0 Å². The molecule has 0 saturated carbocycles. The largest absolute Gasteiger partial charge is 0.0622 e. The summed E-state index contributed by atoms with van der Waals surface area (Å²) in [6.45, 7) is 2.35. The van der Waals surface area contributed by atoms with Crippen LogP contribution in [-0.2, 0) is 0 Å². The molecule has 0 bridgehead atoms. The lowest BCUT2D eigenvalue weighted by Crippen LogP contribution is -2.13. The van der Waals surface area contributed by atoms with Crippen LogP contribution >= 0.6 is 0 Å². The van der Waals surface area contributed by atoms with Gasteiger partial charge in [0.1, 0.15) is 0 Å². The maximum atomic E-state index is 2.35. The standard InChI is InChI=1S/C17H18/c1-13-11-12-16(14-7-3-2-4-8-14)17-10-6-5-9-15(13)17/h2-10,13,16H,11-12H2,1H3/t13-,16+/m1/s1. The zero-order chi connectivity index (χ0) is 11.7. The second kappa shape index (κ2) is 4.37. The molecule has 3 rings (SSSR count). The quantitative estimate of drug-likeness (QED) is 0.655. The van der Waals surface area contributed by atoms with Crippen LogP contribution in [0.15, 0.2) is 54.6 Å². The van der Waals surface area contributed by atoms with Crippen LogP contribution in [0.4, 0.5) is 0 Å². The Morgan fingerprint density at radius 2 is 1.41 bits per heavy atom. The fourth-order valence-electron chi connectivity index (χ4n) is 3.04. The third kappa shape index (κ3) is 1.88. The molecule has 0 radical (unpaired) electrons. The summed E-state index contributed by atoms with van der Waals surface area (Å²) in [6, 6.07) is 19.9. The van der Waals surface area contributed by atoms with E-state index in [1.54, 1.807) is 5.56 Å². The minimum absolute atomic E-state index is 0.601. The second-order valence-corrected chi connectivity index (χ2v) is 5.07. The van der Waals surface area contributed by atoms with E-state index in [9.17, 15) is 0 Å². The summed E-state index contributed by atoms with van der Waals surface area (Å²) in [7, 11) is 0. The zero-order valence-corrected chi connectivity index (χ0v) is 10.3. The Morgan fingerprint density at radius 3 is 2.18 bits per heavy atom. The van der Waals surface area contributed by atoms with Crippen molar-refractivity contribution < 1.29 is 0 Å². The molecule has 0 aliphatic heterocycles. The molecule has 2 aromatic rings. The third-order valence-electron chi connectivity index (χ3n) is 3.99. The van der Waals surface area contributed by atoms with Crippen molar-refractivity contribution in [1.82, 2.24) is 0 Å². The summed E-state index contributed by atoms with van der Waals surface area (Å²) >= 11 is 0. The van der Waals surface area contributed by atoms with E-state index in [0.717, 1.165) is 0 Å². The molecule has 0 N–H and O–H groups in total. The Morgan fingerprint density at radius 1 is 0.765 bits per heavy atom. The fourth-order valence-corrected chi connectivity index (χ4v) is 3.04. The van der Waals surface area contributed by atoms with Crippen LogP contribution in [0.2, 0.25) is 0 Å². The molecular weight excluding hydrogens is 204 g/mol. The first-order chi connectivity index (χ1) is 8.36. The SMILES string of the molecule is C[C@@H]1CC[C@@H](c2ccccc2)c2ccccc21. The molecule has 0 saturated heterocycles. The van der Waals surface area contributed by atoms with E-state index in [4.69, 9.17) is 0 Å². The van der Waals surface area contributed by atoms with Gasteiger partial charge in [0, 0.05) is 5.92 Å². The van der Waals surface area contributed by atoms with Gasteiger partial charge in [-0.25, -0.2) is 0 Å². The van der Waals surface area contributed by atoms with Gasteiger partial charge in [-0.05, 0) is 35.4 Å². The maximum Gasteiger partial charge on any atom is 0.00923 e. The number of benzene rings is 2. The molecular formula is C17H18. The summed E-state index contributed by atoms with van der Waals surface area (Å²) in [6.07, 6.45) is 2.58. The first-order valence-corrected chi connectivity index (χ1v) is 6.50. The van der Waals surface area contributed by atoms with Crippen LogP contribution in [0, 0.1) is 0 Å². The fraction of sp³-hybridized carbons (Fsp3) is 0.294. The molecule has 0 heterocycles. The highest BCUT2D eigenvalue weighted by atomic mass is 14.3. The van der Waals surface area contributed by atoms with Crippen LogP contribution in [0.3, 0.4) is 0 Å². The van der Waals surface area contributed by atoms with Gasteiger partial charge in [0.25, 0.3) is 0 Å². The Hall–Kier alpha value is -1.56. The number of fused-ring (bicyclic) bond motifs is 1. The van der Waals surface area contributed by atoms with Crippen molar-refractivity contribution in [3.63, 3.8) is 0 Å². The number of hydrogen-bond acceptors (Lipinski definition) is 0. The summed E-state index contributed by atoms with van der Waals surface area (Å²) in [5.41, 5.74) is 4.55. The molecule has 0 aromatic heterocycles. The van der Waals surface area contributed by atoms with Crippen molar-refractivity contribution in [3.8, 4) is 0 Å². The summed E-state index contributed by atoms with van der Waals surface area (Å²) in [5.74, 6) is 1.31. The molecule has 2 aromatic carbocycles. The number of hydrogen-bond donors (Lipinski definition) is 0. The minimum atomic E-state index is 0.601. The third-order valence-corrected chi connectivity index (χ3v) is 3.99. The Balaban J connectivity index is 2.07. The van der Waals surface area contributed by atoms with Gasteiger partial charge in [-0.2, -0.15) is 0 Å². The predicted octanol–water partition coefficient (Wildman–Crippen LogP) is 4.72. The van der Waals surface area contributed by atoms with Crippen molar-refractivity contribution in [2.24, 2.45) is 0 Å². The van der Waals surface area contributed by atoms with Crippen LogP contribution in [0.5, 0.6) is 0 Å². The lowest BCUT2D eigenvalue weighted by molar-refractivity contribution is 0.545. The summed E-state index contributed by atoms with van der Waals surface area (Å²) in [5, 5.41) is 0. The van der Waals surface area contributed by atoms with Gasteiger partial charge >= 0.3 is 0 Å². The monoisotopic (exact) mass is 222 g/mol. The van der Waals surface area contributed by atoms with E-state index in [2.05, 4.69) is 61.5 Å². The lowest BCUT2D eigenvalue weighted by Gasteiger charge is -2.30. The van der Waals surface area contributed by atoms with Crippen LogP contribution in [0.25, 0.3) is 0 Å². The highest BCUT2D eigenvalue weighted by Gasteiger charge is 2.24. The predicted molar refractivity (Wildman–Crippen MR) is 72.4 cm³/mol. The van der Waals surface area contributed by atoms with Crippen molar-refractivity contribution >= 4 is 0 Å². The molecule has 0 spiro atoms. The normalized spacial score (nSPS) is 23.1. The van der Waals surface area contributed by atoms with Gasteiger partial charge in [0.05, 0.1) is 0 Å². The van der Waals surface area contributed by atoms with E-state index in [-0.39, 0.29) is 0 Å². The van der Waals surface area contributed by atoms with Gasteiger partial charge < -0.3 is 0 Å². The minimum Gasteiger partial charge on any atom is -0.0622 e. The molecule has 0 amide bonds. The molecule has 0 unspecified atom stereocenters. The highest BCUT2D eigenvalue weighted by molar-refractivity contribution is 5.41. The molecule has 1 aliphatic carbocycles. The maximum absolute atomic E-state index is 2.35. The molecule has 86 valence electrons. The second-order valence-electron chi connectivity index (χ2n) is 5.07. The first kappa shape index (κ1) is 10.6. The average Bonchev–Trinajstić information content (AvgIpc) is 2.41. The lowest BCUT2D eigenvalue weighted by atomic mass is 9.75. The zero-order valence-electron chi connectivity index (χ0n) is 10.3. The van der Waals surface area contributed by atoms with Crippen LogP contribution < -0.4 is 0 Å². The van der Waals surface area contributed by atoms with E-state index in [1.807, 2.05) is 0 Å². The Bertz CT molecular complexity index is 498. The molecule has 17 heavy (non-hydrogen) atoms. The molecule has 0 heteroatoms. The average molecular weight is 222 g/mol. The first-order valence-electron chi connectivity index (χ1n) is 6.50. The van der Waals surface area contributed by atoms with Gasteiger partial charge in [-0.1, -0.05) is 61.5 Å².